The van der Waals surface area contributed by atoms with Gasteiger partial charge >= 0.3 is 5.69 Å². The van der Waals surface area contributed by atoms with Crippen LogP contribution in [0.25, 0.3) is 11.3 Å². The van der Waals surface area contributed by atoms with Crippen molar-refractivity contribution in [2.24, 2.45) is 0 Å². The van der Waals surface area contributed by atoms with E-state index >= 15 is 0 Å². The smallest absolute Gasteiger partial charge is 0.313 e. The third-order valence-electron chi connectivity index (χ3n) is 3.72. The second-order valence-electron chi connectivity index (χ2n) is 4.97. The highest BCUT2D eigenvalue weighted by Gasteiger charge is 2.22. The van der Waals surface area contributed by atoms with Gasteiger partial charge in [-0.1, -0.05) is 24.6 Å². The van der Waals surface area contributed by atoms with Crippen LogP contribution in [-0.2, 0) is 0 Å². The minimum Gasteiger partial charge on any atom is -0.368 e. The van der Waals surface area contributed by atoms with Crippen molar-refractivity contribution in [2.75, 3.05) is 5.73 Å². The lowest BCUT2D eigenvalue weighted by atomic mass is 9.79. The fourth-order valence-electron chi connectivity index (χ4n) is 2.42. The molecule has 1 aromatic carbocycles. The minimum absolute atomic E-state index is 0.0413. The second kappa shape index (κ2) is 4.88. The third-order valence-corrected chi connectivity index (χ3v) is 3.72. The molecule has 0 amide bonds. The molecule has 0 aliphatic heterocycles. The predicted molar refractivity (Wildman–Crippen MR) is 75.1 cm³/mol. The molecule has 0 atom stereocenters. The van der Waals surface area contributed by atoms with Gasteiger partial charge in [-0.15, -0.1) is 0 Å². The van der Waals surface area contributed by atoms with E-state index in [1.54, 1.807) is 0 Å². The van der Waals surface area contributed by atoms with E-state index in [1.807, 2.05) is 18.2 Å². The van der Waals surface area contributed by atoms with Crippen LogP contribution < -0.4 is 5.73 Å². The molecule has 2 N–H and O–H groups in total. The van der Waals surface area contributed by atoms with Gasteiger partial charge in [0.2, 0.25) is 5.95 Å². The first-order valence-corrected chi connectivity index (χ1v) is 6.52. The van der Waals surface area contributed by atoms with Gasteiger partial charge < -0.3 is 5.73 Å². The fraction of sp³-hybridized carbons (Fsp3) is 0.286. The van der Waals surface area contributed by atoms with Crippen LogP contribution in [0.2, 0.25) is 0 Å². The zero-order valence-corrected chi connectivity index (χ0v) is 10.8. The highest BCUT2D eigenvalue weighted by atomic mass is 16.6. The van der Waals surface area contributed by atoms with E-state index in [-0.39, 0.29) is 17.3 Å². The van der Waals surface area contributed by atoms with Gasteiger partial charge in [-0.05, 0) is 30.4 Å². The maximum absolute atomic E-state index is 11.1. The molecule has 2 aromatic rings. The summed E-state index contributed by atoms with van der Waals surface area (Å²) in [5.41, 5.74) is 7.64. The number of anilines is 1. The lowest BCUT2D eigenvalue weighted by Gasteiger charge is -2.26. The maximum atomic E-state index is 11.1. The van der Waals surface area contributed by atoms with Crippen molar-refractivity contribution in [3.05, 3.63) is 46.1 Å². The highest BCUT2D eigenvalue weighted by molar-refractivity contribution is 5.70. The molecular formula is C14H14N4O2. The zero-order valence-electron chi connectivity index (χ0n) is 10.8. The first-order valence-electron chi connectivity index (χ1n) is 6.52. The topological polar surface area (TPSA) is 94.9 Å². The van der Waals surface area contributed by atoms with Crippen LogP contribution in [0.1, 0.15) is 30.7 Å². The summed E-state index contributed by atoms with van der Waals surface area (Å²) in [6.07, 6.45) is 4.76. The van der Waals surface area contributed by atoms with Crippen molar-refractivity contribution >= 4 is 11.6 Å². The summed E-state index contributed by atoms with van der Waals surface area (Å²) in [4.78, 5) is 18.3. The molecule has 1 fully saturated rings. The summed E-state index contributed by atoms with van der Waals surface area (Å²) in [6, 6.07) is 7.75. The monoisotopic (exact) mass is 270 g/mol. The summed E-state index contributed by atoms with van der Waals surface area (Å²) in [6.45, 7) is 0. The van der Waals surface area contributed by atoms with Gasteiger partial charge in [-0.3, -0.25) is 10.1 Å². The van der Waals surface area contributed by atoms with E-state index < -0.39 is 4.92 Å². The van der Waals surface area contributed by atoms with Crippen molar-refractivity contribution in [3.63, 3.8) is 0 Å². The lowest BCUT2D eigenvalue weighted by Crippen LogP contribution is -2.08. The lowest BCUT2D eigenvalue weighted by molar-refractivity contribution is -0.384. The summed E-state index contributed by atoms with van der Waals surface area (Å²) in [7, 11) is 0. The molecule has 102 valence electrons. The first-order chi connectivity index (χ1) is 9.65. The summed E-state index contributed by atoms with van der Waals surface area (Å²) >= 11 is 0. The van der Waals surface area contributed by atoms with E-state index in [0.717, 1.165) is 11.8 Å². The second-order valence-corrected chi connectivity index (χ2v) is 4.97. The van der Waals surface area contributed by atoms with Crippen molar-refractivity contribution in [1.82, 2.24) is 9.97 Å². The van der Waals surface area contributed by atoms with Crippen LogP contribution in [0.5, 0.6) is 0 Å². The molecule has 1 aliphatic carbocycles. The Morgan fingerprint density at radius 2 is 2.15 bits per heavy atom. The van der Waals surface area contributed by atoms with Crippen molar-refractivity contribution < 1.29 is 4.92 Å². The van der Waals surface area contributed by atoms with Gasteiger partial charge in [-0.2, -0.15) is 0 Å². The van der Waals surface area contributed by atoms with E-state index in [0.29, 0.717) is 5.92 Å². The predicted octanol–water partition coefficient (Wildman–Crippen LogP) is 2.90. The van der Waals surface area contributed by atoms with E-state index in [2.05, 4.69) is 16.0 Å². The zero-order chi connectivity index (χ0) is 14.1. The molecule has 1 aliphatic rings. The Balaban J connectivity index is 2.08. The van der Waals surface area contributed by atoms with Gasteiger partial charge in [0, 0.05) is 5.56 Å². The molecule has 0 saturated heterocycles. The number of hydrogen-bond donors (Lipinski definition) is 1. The third kappa shape index (κ3) is 2.20. The summed E-state index contributed by atoms with van der Waals surface area (Å²) in [5.74, 6) is 0.604. The molecule has 0 radical (unpaired) electrons. The normalized spacial score (nSPS) is 14.8. The summed E-state index contributed by atoms with van der Waals surface area (Å²) < 4.78 is 0. The molecular weight excluding hydrogens is 256 g/mol. The number of nitrogen functional groups attached to an aromatic ring is 1. The fourth-order valence-corrected chi connectivity index (χ4v) is 2.42. The van der Waals surface area contributed by atoms with Gasteiger partial charge in [0.15, 0.2) is 5.69 Å². The number of aromatic nitrogens is 2. The molecule has 1 heterocycles. The van der Waals surface area contributed by atoms with Crippen molar-refractivity contribution in [1.29, 1.82) is 0 Å². The summed E-state index contributed by atoms with van der Waals surface area (Å²) in [5, 5.41) is 11.1. The van der Waals surface area contributed by atoms with Crippen LogP contribution >= 0.6 is 0 Å². The number of nitrogens with zero attached hydrogens (tertiary/aromatic N) is 3. The Labute approximate surface area is 115 Å². The number of hydrogen-bond acceptors (Lipinski definition) is 5. The number of nitro groups is 1. The van der Waals surface area contributed by atoms with Gasteiger partial charge in [0.1, 0.15) is 6.20 Å². The highest BCUT2D eigenvalue weighted by Crippen LogP contribution is 2.38. The molecule has 1 aromatic heterocycles. The van der Waals surface area contributed by atoms with Crippen LogP contribution in [0.15, 0.2) is 30.5 Å². The molecule has 6 heteroatoms. The number of rotatable bonds is 3. The van der Waals surface area contributed by atoms with E-state index in [1.165, 1.54) is 24.8 Å². The minimum atomic E-state index is -0.481. The molecule has 20 heavy (non-hydrogen) atoms. The Morgan fingerprint density at radius 3 is 2.80 bits per heavy atom. The standard InChI is InChI=1S/C14H14N4O2/c15-14-16-8-12(18(19)20)13(17-14)11-6-2-5-10(7-11)9-3-1-4-9/h2,5-9H,1,3-4H2,(H2,15,16,17). The van der Waals surface area contributed by atoms with Crippen LogP contribution in [0.4, 0.5) is 11.6 Å². The van der Waals surface area contributed by atoms with Gasteiger partial charge in [0.05, 0.1) is 4.92 Å². The van der Waals surface area contributed by atoms with E-state index in [4.69, 9.17) is 5.73 Å². The van der Waals surface area contributed by atoms with Crippen molar-refractivity contribution in [3.8, 4) is 11.3 Å². The quantitative estimate of drug-likeness (QED) is 0.683. The molecule has 6 nitrogen and oxygen atoms in total. The largest absolute Gasteiger partial charge is 0.368 e. The number of nitrogens with two attached hydrogens (primary N) is 1. The van der Waals surface area contributed by atoms with Crippen LogP contribution in [0.3, 0.4) is 0 Å². The Hall–Kier alpha value is -2.50. The average Bonchev–Trinajstić information content (AvgIpc) is 2.36. The van der Waals surface area contributed by atoms with Crippen LogP contribution in [-0.4, -0.2) is 14.9 Å². The Kier molecular flexibility index (Phi) is 3.06. The molecule has 1 saturated carbocycles. The Morgan fingerprint density at radius 1 is 1.35 bits per heavy atom. The molecule has 0 bridgehead atoms. The molecule has 0 unspecified atom stereocenters. The van der Waals surface area contributed by atoms with Crippen molar-refractivity contribution in [2.45, 2.75) is 25.2 Å². The van der Waals surface area contributed by atoms with Gasteiger partial charge in [0.25, 0.3) is 0 Å². The van der Waals surface area contributed by atoms with E-state index in [9.17, 15) is 10.1 Å². The van der Waals surface area contributed by atoms with Crippen LogP contribution in [0, 0.1) is 10.1 Å². The average molecular weight is 270 g/mol. The Bertz CT molecular complexity index is 668. The first kappa shape index (κ1) is 12.5. The van der Waals surface area contributed by atoms with Gasteiger partial charge in [-0.25, -0.2) is 9.97 Å². The molecule has 3 rings (SSSR count). The number of benzene rings is 1. The SMILES string of the molecule is Nc1ncc([N+](=O)[O-])c(-c2cccc(C3CCC3)c2)n1. The molecule has 0 spiro atoms. The maximum Gasteiger partial charge on any atom is 0.313 e.